The molecule has 0 aliphatic carbocycles. The van der Waals surface area contributed by atoms with Crippen LogP contribution in [0.15, 0.2) is 79.1 Å². The fourth-order valence-electron chi connectivity index (χ4n) is 4.23. The van der Waals surface area contributed by atoms with Crippen molar-refractivity contribution in [3.63, 3.8) is 0 Å². The van der Waals surface area contributed by atoms with Gasteiger partial charge in [0.15, 0.2) is 0 Å². The fraction of sp³-hybridized carbons (Fsp3) is 0.296. The zero-order chi connectivity index (χ0) is 21.5. The van der Waals surface area contributed by atoms with Gasteiger partial charge in [-0.15, -0.1) is 0 Å². The summed E-state index contributed by atoms with van der Waals surface area (Å²) < 4.78 is 1.73. The molecule has 1 unspecified atom stereocenters. The number of carbonyl (C=O) groups is 1. The van der Waals surface area contributed by atoms with Gasteiger partial charge in [0.05, 0.1) is 6.54 Å². The number of rotatable bonds is 6. The van der Waals surface area contributed by atoms with Gasteiger partial charge in [-0.25, -0.2) is 4.79 Å². The molecule has 3 aromatic rings. The predicted molar refractivity (Wildman–Crippen MR) is 123 cm³/mol. The Balaban J connectivity index is 1.28. The van der Waals surface area contributed by atoms with E-state index in [0.29, 0.717) is 12.3 Å². The summed E-state index contributed by atoms with van der Waals surface area (Å²) in [6.45, 7) is 2.96. The van der Waals surface area contributed by atoms with Crippen LogP contribution in [0, 0.1) is 11.8 Å². The van der Waals surface area contributed by atoms with Crippen LogP contribution in [0.4, 0.5) is 0 Å². The molecule has 0 saturated carbocycles. The Morgan fingerprint density at radius 2 is 1.65 bits per heavy atom. The molecule has 0 bridgehead atoms. The topological polar surface area (TPSA) is 45.5 Å². The van der Waals surface area contributed by atoms with E-state index < -0.39 is 12.0 Å². The summed E-state index contributed by atoms with van der Waals surface area (Å²) in [6, 6.07) is 21.8. The molecule has 158 valence electrons. The second kappa shape index (κ2) is 10.1. The van der Waals surface area contributed by atoms with Crippen molar-refractivity contribution >= 4 is 5.97 Å². The summed E-state index contributed by atoms with van der Waals surface area (Å²) >= 11 is 0. The van der Waals surface area contributed by atoms with Gasteiger partial charge in [-0.05, 0) is 67.2 Å². The Kier molecular flexibility index (Phi) is 6.86. The van der Waals surface area contributed by atoms with Crippen LogP contribution in [0.3, 0.4) is 0 Å². The average molecular weight is 413 g/mol. The Hall–Kier alpha value is -3.29. The van der Waals surface area contributed by atoms with Crippen LogP contribution in [0.1, 0.15) is 41.5 Å². The Bertz CT molecular complexity index is 1020. The molecule has 1 aromatic heterocycles. The Labute approximate surface area is 184 Å². The molecule has 1 aliphatic heterocycles. The van der Waals surface area contributed by atoms with Crippen molar-refractivity contribution in [3.05, 3.63) is 95.8 Å². The normalized spacial score (nSPS) is 15.7. The van der Waals surface area contributed by atoms with Crippen molar-refractivity contribution in [2.75, 3.05) is 19.6 Å². The van der Waals surface area contributed by atoms with Crippen LogP contribution in [0.2, 0.25) is 0 Å². The molecule has 0 radical (unpaired) electrons. The summed E-state index contributed by atoms with van der Waals surface area (Å²) in [4.78, 5) is 14.0. The van der Waals surface area contributed by atoms with Gasteiger partial charge in [-0.1, -0.05) is 54.3 Å². The van der Waals surface area contributed by atoms with Gasteiger partial charge < -0.3 is 9.67 Å². The van der Waals surface area contributed by atoms with E-state index >= 15 is 0 Å². The second-order valence-corrected chi connectivity index (χ2v) is 8.15. The minimum atomic E-state index is -0.823. The largest absolute Gasteiger partial charge is 0.480 e. The van der Waals surface area contributed by atoms with E-state index in [1.165, 1.54) is 18.4 Å². The Morgan fingerprint density at radius 1 is 0.968 bits per heavy atom. The first-order valence-corrected chi connectivity index (χ1v) is 10.9. The highest BCUT2D eigenvalue weighted by molar-refractivity contribution is 5.72. The predicted octanol–water partition coefficient (Wildman–Crippen LogP) is 4.59. The van der Waals surface area contributed by atoms with Crippen molar-refractivity contribution in [1.82, 2.24) is 9.47 Å². The van der Waals surface area contributed by atoms with E-state index in [1.54, 1.807) is 17.0 Å². The maximum Gasteiger partial charge on any atom is 0.327 e. The molecule has 1 saturated heterocycles. The third-order valence-electron chi connectivity index (χ3n) is 6.05. The fourth-order valence-corrected chi connectivity index (χ4v) is 4.23. The molecule has 4 nitrogen and oxygen atoms in total. The van der Waals surface area contributed by atoms with Crippen molar-refractivity contribution in [2.45, 2.75) is 31.2 Å². The average Bonchev–Trinajstić information content (AvgIpc) is 3.34. The third kappa shape index (κ3) is 5.65. The first kappa shape index (κ1) is 21.0. The van der Waals surface area contributed by atoms with Crippen molar-refractivity contribution in [2.24, 2.45) is 0 Å². The minimum Gasteiger partial charge on any atom is -0.480 e. The van der Waals surface area contributed by atoms with Gasteiger partial charge in [0.1, 0.15) is 6.04 Å². The number of likely N-dealkylation sites (tertiary alicyclic amines) is 1. The summed E-state index contributed by atoms with van der Waals surface area (Å²) in [5.74, 6) is 6.40. The van der Waals surface area contributed by atoms with E-state index in [1.807, 2.05) is 36.4 Å². The molecule has 1 aliphatic rings. The number of aliphatic carboxylic acids is 1. The summed E-state index contributed by atoms with van der Waals surface area (Å²) in [5, 5.41) is 9.53. The molecule has 2 aromatic carbocycles. The SMILES string of the molecule is O=C(O)C(Cc1ccc(C#CCN2CCC(c3ccccc3)CC2)cc1)n1cccc1. The lowest BCUT2D eigenvalue weighted by Crippen LogP contribution is -2.33. The van der Waals surface area contributed by atoms with E-state index in [4.69, 9.17) is 0 Å². The van der Waals surface area contributed by atoms with Gasteiger partial charge >= 0.3 is 5.97 Å². The van der Waals surface area contributed by atoms with E-state index in [2.05, 4.69) is 47.1 Å². The van der Waals surface area contributed by atoms with Gasteiger partial charge in [0.25, 0.3) is 0 Å². The van der Waals surface area contributed by atoms with E-state index in [9.17, 15) is 9.90 Å². The van der Waals surface area contributed by atoms with Crippen molar-refractivity contribution in [3.8, 4) is 11.8 Å². The summed E-state index contributed by atoms with van der Waals surface area (Å²) in [5.41, 5.74) is 3.42. The Morgan fingerprint density at radius 3 is 2.29 bits per heavy atom. The van der Waals surface area contributed by atoms with Crippen LogP contribution in [-0.4, -0.2) is 40.2 Å². The number of piperidine rings is 1. The molecule has 4 rings (SSSR count). The molecule has 0 spiro atoms. The van der Waals surface area contributed by atoms with E-state index in [0.717, 1.165) is 30.8 Å². The third-order valence-corrected chi connectivity index (χ3v) is 6.05. The first-order chi connectivity index (χ1) is 15.2. The molecule has 1 atom stereocenters. The smallest absolute Gasteiger partial charge is 0.327 e. The molecule has 2 heterocycles. The molecular weight excluding hydrogens is 384 g/mol. The van der Waals surface area contributed by atoms with Crippen LogP contribution in [0.25, 0.3) is 0 Å². The van der Waals surface area contributed by atoms with Crippen molar-refractivity contribution < 1.29 is 9.90 Å². The highest BCUT2D eigenvalue weighted by atomic mass is 16.4. The minimum absolute atomic E-state index is 0.452. The zero-order valence-electron chi connectivity index (χ0n) is 17.7. The number of carboxylic acid groups (broad SMARTS) is 1. The number of hydrogen-bond acceptors (Lipinski definition) is 2. The molecular formula is C27H28N2O2. The van der Waals surface area contributed by atoms with Gasteiger partial charge in [0.2, 0.25) is 0 Å². The number of carboxylic acids is 1. The van der Waals surface area contributed by atoms with Crippen LogP contribution >= 0.6 is 0 Å². The highest BCUT2D eigenvalue weighted by Crippen LogP contribution is 2.27. The lowest BCUT2D eigenvalue weighted by molar-refractivity contribution is -0.140. The monoisotopic (exact) mass is 412 g/mol. The number of hydrogen-bond donors (Lipinski definition) is 1. The molecule has 0 amide bonds. The van der Waals surface area contributed by atoms with Gasteiger partial charge in [-0.2, -0.15) is 0 Å². The number of nitrogens with zero attached hydrogens (tertiary/aromatic N) is 2. The highest BCUT2D eigenvalue weighted by Gasteiger charge is 2.20. The zero-order valence-corrected chi connectivity index (χ0v) is 17.7. The van der Waals surface area contributed by atoms with Crippen LogP contribution in [-0.2, 0) is 11.2 Å². The summed E-state index contributed by atoms with van der Waals surface area (Å²) in [6.07, 6.45) is 6.41. The lowest BCUT2D eigenvalue weighted by atomic mass is 9.89. The van der Waals surface area contributed by atoms with Gasteiger partial charge in [0, 0.05) is 24.4 Å². The maximum absolute atomic E-state index is 11.6. The van der Waals surface area contributed by atoms with E-state index in [-0.39, 0.29) is 0 Å². The quantitative estimate of drug-likeness (QED) is 0.603. The number of benzene rings is 2. The second-order valence-electron chi connectivity index (χ2n) is 8.15. The maximum atomic E-state index is 11.6. The first-order valence-electron chi connectivity index (χ1n) is 10.9. The molecule has 31 heavy (non-hydrogen) atoms. The molecule has 1 fully saturated rings. The van der Waals surface area contributed by atoms with Crippen LogP contribution < -0.4 is 0 Å². The molecule has 4 heteroatoms. The molecule has 1 N–H and O–H groups in total. The number of aromatic nitrogens is 1. The van der Waals surface area contributed by atoms with Crippen LogP contribution in [0.5, 0.6) is 0 Å². The summed E-state index contributed by atoms with van der Waals surface area (Å²) in [7, 11) is 0. The lowest BCUT2D eigenvalue weighted by Gasteiger charge is -2.30. The van der Waals surface area contributed by atoms with Gasteiger partial charge in [-0.3, -0.25) is 4.90 Å². The standard InChI is InChI=1S/C27H28N2O2/c30-27(31)26(29-17-4-5-18-29)21-23-12-10-22(11-13-23)7-6-16-28-19-14-25(15-20-28)24-8-2-1-3-9-24/h1-5,8-13,17-18,25-26H,14-16,19-21H2,(H,30,31). The van der Waals surface area contributed by atoms with Crippen molar-refractivity contribution in [1.29, 1.82) is 0 Å².